The quantitative estimate of drug-likeness (QED) is 0.388. The van der Waals surface area contributed by atoms with Crippen LogP contribution in [0.2, 0.25) is 5.02 Å². The molecule has 1 atom stereocenters. The third kappa shape index (κ3) is 8.43. The molecule has 3 saturated heterocycles. The number of nitrogens with one attached hydrogen (secondary N) is 2. The van der Waals surface area contributed by atoms with Gasteiger partial charge in [-0.15, -0.1) is 11.3 Å². The topological polar surface area (TPSA) is 112 Å². The molecule has 0 spiro atoms. The Morgan fingerprint density at radius 1 is 0.980 bits per heavy atom. The number of anilines is 1. The van der Waals surface area contributed by atoms with Crippen LogP contribution in [-0.2, 0) is 23.8 Å². The highest BCUT2D eigenvalue weighted by Gasteiger charge is 2.38. The van der Waals surface area contributed by atoms with Gasteiger partial charge < -0.3 is 35.3 Å². The van der Waals surface area contributed by atoms with E-state index in [0.717, 1.165) is 69.2 Å². The van der Waals surface area contributed by atoms with Gasteiger partial charge in [0.15, 0.2) is 0 Å². The van der Waals surface area contributed by atoms with Gasteiger partial charge in [0.1, 0.15) is 11.8 Å². The van der Waals surface area contributed by atoms with Crippen LogP contribution < -0.4 is 10.6 Å². The van der Waals surface area contributed by atoms with E-state index in [2.05, 4.69) is 27.5 Å². The number of likely N-dealkylation sites (tertiary alicyclic amines) is 2. The number of thiophene rings is 1. The second-order valence-corrected chi connectivity index (χ2v) is 15.0. The number of amides is 5. The molecule has 0 saturated carbocycles. The lowest BCUT2D eigenvalue weighted by molar-refractivity contribution is -0.138. The number of carbonyl (C=O) groups excluding carboxylic acids is 3. The maximum absolute atomic E-state index is 14.1. The van der Waals surface area contributed by atoms with E-state index in [1.807, 2.05) is 15.7 Å². The molecule has 0 aliphatic carbocycles. The summed E-state index contributed by atoms with van der Waals surface area (Å²) in [6.45, 7) is 6.22. The molecule has 6 rings (SSSR count). The minimum absolute atomic E-state index is 0.0602. The van der Waals surface area contributed by atoms with E-state index in [1.54, 1.807) is 21.1 Å². The summed E-state index contributed by atoms with van der Waals surface area (Å²) in [7, 11) is 2.12. The van der Waals surface area contributed by atoms with E-state index >= 15 is 0 Å². The lowest BCUT2D eigenvalue weighted by Gasteiger charge is -2.40. The Morgan fingerprint density at radius 2 is 1.68 bits per heavy atom. The van der Waals surface area contributed by atoms with Crippen LogP contribution in [-0.4, -0.2) is 132 Å². The monoisotopic (exact) mass is 739 g/mol. The van der Waals surface area contributed by atoms with Gasteiger partial charge in [0.05, 0.1) is 16.3 Å². The van der Waals surface area contributed by atoms with Crippen LogP contribution >= 0.6 is 22.9 Å². The Kier molecular flexibility index (Phi) is 11.4. The molecule has 0 bridgehead atoms. The number of urea groups is 2. The normalized spacial score (nSPS) is 21.3. The first kappa shape index (κ1) is 36.5. The number of phenolic OH excluding ortho intramolecular Hbond substituents is 1. The third-order valence-corrected chi connectivity index (χ3v) is 11.7. The molecule has 16 heteroatoms. The number of piperidine rings is 2. The number of fused-ring (bicyclic) bond motifs is 1. The standard InChI is InChI=1S/C34H45ClF3N7O4S/c1-41-8-2-9-42(16-15-41)24-4-10-43(11-5-24)31(47)28(19-22-17-26(34(36,37)38)30(46)27(35)18-22)39-32(48)44-12-6-25(7-13-44)45-14-3-23-20-50-21-29(23)40-33(45)49/h17-18,20-21,24-25,28,46H,2-16,19H2,1H3,(H,39,48)(H,40,49)/t28-/m1/s1. The molecule has 4 aliphatic heterocycles. The van der Waals surface area contributed by atoms with Gasteiger partial charge in [0.25, 0.3) is 0 Å². The SMILES string of the molecule is CN1CCCN(C2CCN(C(=O)[C@@H](Cc3cc(Cl)c(O)c(C(F)(F)F)c3)NC(=O)N3CCC(N4CCc5cscc5NC4=O)CC3)CC2)CC1. The van der Waals surface area contributed by atoms with Crippen LogP contribution in [0.25, 0.3) is 0 Å². The minimum atomic E-state index is -4.86. The molecule has 3 fully saturated rings. The van der Waals surface area contributed by atoms with E-state index < -0.39 is 34.6 Å². The molecule has 50 heavy (non-hydrogen) atoms. The molecule has 11 nitrogen and oxygen atoms in total. The Balaban J connectivity index is 1.12. The second-order valence-electron chi connectivity index (χ2n) is 13.8. The van der Waals surface area contributed by atoms with Crippen molar-refractivity contribution in [3.8, 4) is 5.75 Å². The number of aromatic hydroxyl groups is 1. The number of likely N-dealkylation sites (N-methyl/N-ethyl adjacent to an activating group) is 1. The first-order valence-corrected chi connectivity index (χ1v) is 18.7. The maximum Gasteiger partial charge on any atom is 0.420 e. The second kappa shape index (κ2) is 15.5. The lowest BCUT2D eigenvalue weighted by atomic mass is 9.98. The van der Waals surface area contributed by atoms with Crippen LogP contribution in [0.15, 0.2) is 22.9 Å². The summed E-state index contributed by atoms with van der Waals surface area (Å²) in [6.07, 6.45) is -0.641. The van der Waals surface area contributed by atoms with Crippen molar-refractivity contribution < 1.29 is 32.7 Å². The van der Waals surface area contributed by atoms with Crippen molar-refractivity contribution in [3.63, 3.8) is 0 Å². The number of halogens is 4. The zero-order valence-electron chi connectivity index (χ0n) is 28.2. The maximum atomic E-state index is 14.1. The molecular formula is C34H45ClF3N7O4S. The molecule has 5 amide bonds. The fourth-order valence-electron chi connectivity index (χ4n) is 7.65. The Labute approximate surface area is 299 Å². The van der Waals surface area contributed by atoms with Crippen molar-refractivity contribution in [2.24, 2.45) is 0 Å². The summed E-state index contributed by atoms with van der Waals surface area (Å²) in [5.41, 5.74) is 0.721. The van der Waals surface area contributed by atoms with E-state index in [0.29, 0.717) is 51.6 Å². The summed E-state index contributed by atoms with van der Waals surface area (Å²) in [5.74, 6) is -1.44. The van der Waals surface area contributed by atoms with Gasteiger partial charge in [-0.3, -0.25) is 9.69 Å². The molecule has 0 radical (unpaired) electrons. The molecule has 274 valence electrons. The van der Waals surface area contributed by atoms with E-state index in [1.165, 1.54) is 6.07 Å². The fourth-order valence-corrected chi connectivity index (χ4v) is 8.72. The first-order chi connectivity index (χ1) is 23.9. The lowest BCUT2D eigenvalue weighted by Crippen LogP contribution is -2.57. The highest BCUT2D eigenvalue weighted by atomic mass is 35.5. The van der Waals surface area contributed by atoms with Crippen LogP contribution in [0.3, 0.4) is 0 Å². The van der Waals surface area contributed by atoms with Crippen LogP contribution in [0.1, 0.15) is 48.8 Å². The zero-order chi connectivity index (χ0) is 35.6. The average molecular weight is 740 g/mol. The number of benzene rings is 1. The zero-order valence-corrected chi connectivity index (χ0v) is 29.8. The third-order valence-electron chi connectivity index (χ3n) is 10.6. The molecule has 0 unspecified atom stereocenters. The molecule has 3 N–H and O–H groups in total. The number of hydrogen-bond acceptors (Lipinski definition) is 7. The first-order valence-electron chi connectivity index (χ1n) is 17.4. The van der Waals surface area contributed by atoms with Crippen LogP contribution in [0.5, 0.6) is 5.75 Å². The summed E-state index contributed by atoms with van der Waals surface area (Å²) >= 11 is 7.56. The summed E-state index contributed by atoms with van der Waals surface area (Å²) < 4.78 is 41.2. The molecule has 5 heterocycles. The fraction of sp³-hybridized carbons (Fsp3) is 0.618. The molecular weight excluding hydrogens is 695 g/mol. The molecule has 4 aliphatic rings. The summed E-state index contributed by atoms with van der Waals surface area (Å²) in [6, 6.07) is 0.464. The van der Waals surface area contributed by atoms with Gasteiger partial charge in [-0.25, -0.2) is 9.59 Å². The minimum Gasteiger partial charge on any atom is -0.506 e. The molecule has 1 aromatic heterocycles. The number of rotatable bonds is 6. The summed E-state index contributed by atoms with van der Waals surface area (Å²) in [5, 5.41) is 19.3. The number of hydrogen-bond donors (Lipinski definition) is 3. The van der Waals surface area contributed by atoms with E-state index in [4.69, 9.17) is 11.6 Å². The number of carbonyl (C=O) groups is 3. The van der Waals surface area contributed by atoms with Gasteiger partial charge >= 0.3 is 18.2 Å². The highest BCUT2D eigenvalue weighted by Crippen LogP contribution is 2.40. The van der Waals surface area contributed by atoms with Gasteiger partial charge in [-0.05, 0) is 87.3 Å². The Bertz CT molecular complexity index is 1540. The van der Waals surface area contributed by atoms with Crippen LogP contribution in [0, 0.1) is 0 Å². The molecule has 1 aromatic carbocycles. The van der Waals surface area contributed by atoms with Crippen molar-refractivity contribution >= 4 is 46.6 Å². The number of phenols is 1. The largest absolute Gasteiger partial charge is 0.506 e. The predicted molar refractivity (Wildman–Crippen MR) is 186 cm³/mol. The average Bonchev–Trinajstić information content (AvgIpc) is 3.32. The van der Waals surface area contributed by atoms with E-state index in [9.17, 15) is 32.7 Å². The Morgan fingerprint density at radius 3 is 2.40 bits per heavy atom. The van der Waals surface area contributed by atoms with Gasteiger partial charge in [0.2, 0.25) is 5.91 Å². The van der Waals surface area contributed by atoms with Crippen molar-refractivity contribution in [3.05, 3.63) is 44.6 Å². The number of nitrogens with zero attached hydrogens (tertiary/aromatic N) is 5. The Hall–Kier alpha value is -3.27. The molecule has 2 aromatic rings. The van der Waals surface area contributed by atoms with E-state index in [-0.39, 0.29) is 30.0 Å². The highest BCUT2D eigenvalue weighted by molar-refractivity contribution is 7.08. The number of alkyl halides is 3. The van der Waals surface area contributed by atoms with Gasteiger partial charge in [-0.2, -0.15) is 13.2 Å². The smallest absolute Gasteiger partial charge is 0.420 e. The van der Waals surface area contributed by atoms with Gasteiger partial charge in [0, 0.05) is 69.7 Å². The van der Waals surface area contributed by atoms with Crippen molar-refractivity contribution in [2.75, 3.05) is 71.3 Å². The van der Waals surface area contributed by atoms with Crippen LogP contribution in [0.4, 0.5) is 28.4 Å². The van der Waals surface area contributed by atoms with Crippen molar-refractivity contribution in [2.45, 2.75) is 69.2 Å². The summed E-state index contributed by atoms with van der Waals surface area (Å²) in [4.78, 5) is 50.6. The van der Waals surface area contributed by atoms with Gasteiger partial charge in [-0.1, -0.05) is 11.6 Å². The van der Waals surface area contributed by atoms with Crippen molar-refractivity contribution in [1.29, 1.82) is 0 Å². The van der Waals surface area contributed by atoms with Crippen molar-refractivity contribution in [1.82, 2.24) is 29.8 Å². The predicted octanol–water partition coefficient (Wildman–Crippen LogP) is 4.93.